The third kappa shape index (κ3) is 3.09. The maximum absolute atomic E-state index is 11.2. The lowest BCUT2D eigenvalue weighted by Gasteiger charge is -2.14. The summed E-state index contributed by atoms with van der Waals surface area (Å²) >= 11 is 0.931. The molecule has 0 aliphatic carbocycles. The Morgan fingerprint density at radius 1 is 0.783 bits per heavy atom. The zero-order valence-electron chi connectivity index (χ0n) is 12.3. The number of carboxylic acids is 2. The van der Waals surface area contributed by atoms with Crippen LogP contribution in [0.2, 0.25) is 0 Å². The molecule has 2 rings (SSSR count). The van der Waals surface area contributed by atoms with Crippen LogP contribution in [0.1, 0.15) is 31.8 Å². The van der Waals surface area contributed by atoms with Gasteiger partial charge in [0, 0.05) is 0 Å². The Balaban J connectivity index is 2.60. The van der Waals surface area contributed by atoms with Crippen LogP contribution in [0, 0.1) is 13.8 Å². The molecule has 0 saturated heterocycles. The summed E-state index contributed by atoms with van der Waals surface area (Å²) in [5.74, 6) is -2.55. The first-order chi connectivity index (χ1) is 10.7. The van der Waals surface area contributed by atoms with Crippen molar-refractivity contribution in [1.82, 2.24) is 0 Å². The van der Waals surface area contributed by atoms with Crippen LogP contribution in [-0.4, -0.2) is 32.4 Å². The summed E-state index contributed by atoms with van der Waals surface area (Å²) in [6, 6.07) is 5.09. The summed E-state index contributed by atoms with van der Waals surface area (Å²) in [7, 11) is 0. The van der Waals surface area contributed by atoms with Gasteiger partial charge in [0.05, 0.1) is 20.9 Å². The van der Waals surface area contributed by atoms with E-state index in [9.17, 15) is 19.8 Å². The van der Waals surface area contributed by atoms with Gasteiger partial charge >= 0.3 is 11.9 Å². The quantitative estimate of drug-likeness (QED) is 0.678. The van der Waals surface area contributed by atoms with E-state index in [1.165, 1.54) is 24.3 Å². The fourth-order valence-electron chi connectivity index (χ4n) is 2.18. The first-order valence-corrected chi connectivity index (χ1v) is 7.35. The predicted octanol–water partition coefficient (Wildman–Crippen LogP) is 3.26. The molecule has 0 bridgehead atoms. The molecule has 0 aliphatic heterocycles. The fourth-order valence-corrected chi connectivity index (χ4v) is 3.25. The number of aromatic hydroxyl groups is 2. The van der Waals surface area contributed by atoms with Crippen molar-refractivity contribution in [2.24, 2.45) is 0 Å². The summed E-state index contributed by atoms with van der Waals surface area (Å²) < 4.78 is 0. The average Bonchev–Trinajstić information content (AvgIpc) is 2.45. The molecule has 23 heavy (non-hydrogen) atoms. The molecule has 2 aromatic rings. The highest BCUT2D eigenvalue weighted by atomic mass is 32.2. The van der Waals surface area contributed by atoms with Gasteiger partial charge in [0.25, 0.3) is 0 Å². The van der Waals surface area contributed by atoms with Gasteiger partial charge in [-0.05, 0) is 49.2 Å². The van der Waals surface area contributed by atoms with Gasteiger partial charge < -0.3 is 20.4 Å². The van der Waals surface area contributed by atoms with Crippen molar-refractivity contribution in [3.63, 3.8) is 0 Å². The van der Waals surface area contributed by atoms with Crippen molar-refractivity contribution in [2.75, 3.05) is 0 Å². The lowest BCUT2D eigenvalue weighted by molar-refractivity contribution is 0.0684. The Kier molecular flexibility index (Phi) is 4.51. The van der Waals surface area contributed by atoms with Crippen molar-refractivity contribution < 1.29 is 30.0 Å². The number of benzene rings is 2. The van der Waals surface area contributed by atoms with E-state index in [2.05, 4.69) is 0 Å². The Labute approximate surface area is 136 Å². The molecule has 0 amide bonds. The predicted molar refractivity (Wildman–Crippen MR) is 83.7 cm³/mol. The Bertz CT molecular complexity index is 745. The van der Waals surface area contributed by atoms with Crippen LogP contribution in [-0.2, 0) is 0 Å². The molecule has 7 heteroatoms. The largest absolute Gasteiger partial charge is 0.507 e. The molecule has 2 aromatic carbocycles. The molecular weight excluding hydrogens is 320 g/mol. The normalized spacial score (nSPS) is 10.5. The van der Waals surface area contributed by atoms with Crippen LogP contribution in [0.4, 0.5) is 0 Å². The van der Waals surface area contributed by atoms with Gasteiger partial charge in [-0.25, -0.2) is 9.59 Å². The van der Waals surface area contributed by atoms with Gasteiger partial charge in [-0.1, -0.05) is 11.8 Å². The first-order valence-electron chi connectivity index (χ1n) is 6.53. The van der Waals surface area contributed by atoms with E-state index in [4.69, 9.17) is 10.2 Å². The molecular formula is C16H14O6S. The van der Waals surface area contributed by atoms with E-state index in [1.807, 2.05) is 0 Å². The molecule has 0 atom stereocenters. The SMILES string of the molecule is Cc1c(C(=O)O)ccc(O)c1Sc1c(O)ccc(C(=O)O)c1C. The van der Waals surface area contributed by atoms with Crippen LogP contribution >= 0.6 is 11.8 Å². The van der Waals surface area contributed by atoms with Crippen LogP contribution in [0.3, 0.4) is 0 Å². The zero-order chi connectivity index (χ0) is 17.3. The minimum atomic E-state index is -1.13. The van der Waals surface area contributed by atoms with E-state index in [0.29, 0.717) is 11.1 Å². The molecule has 0 aliphatic rings. The smallest absolute Gasteiger partial charge is 0.335 e. The topological polar surface area (TPSA) is 115 Å². The highest BCUT2D eigenvalue weighted by Crippen LogP contribution is 2.43. The third-order valence-corrected chi connectivity index (χ3v) is 4.87. The van der Waals surface area contributed by atoms with Crippen LogP contribution in [0.5, 0.6) is 11.5 Å². The number of rotatable bonds is 4. The Hall–Kier alpha value is -2.67. The molecule has 0 aromatic heterocycles. The summed E-state index contributed by atoms with van der Waals surface area (Å²) in [6.45, 7) is 3.08. The molecule has 4 N–H and O–H groups in total. The molecule has 120 valence electrons. The average molecular weight is 334 g/mol. The van der Waals surface area contributed by atoms with Gasteiger partial charge in [0.15, 0.2) is 0 Å². The Morgan fingerprint density at radius 3 is 1.43 bits per heavy atom. The van der Waals surface area contributed by atoms with E-state index >= 15 is 0 Å². The number of carbonyl (C=O) groups is 2. The van der Waals surface area contributed by atoms with Crippen molar-refractivity contribution in [3.8, 4) is 11.5 Å². The van der Waals surface area contributed by atoms with Gasteiger partial charge in [-0.15, -0.1) is 0 Å². The maximum Gasteiger partial charge on any atom is 0.335 e. The molecule has 0 saturated carbocycles. The van der Waals surface area contributed by atoms with Gasteiger partial charge in [-0.2, -0.15) is 0 Å². The third-order valence-electron chi connectivity index (χ3n) is 3.44. The highest BCUT2D eigenvalue weighted by molar-refractivity contribution is 7.99. The standard InChI is InChI=1S/C16H14O6S/c1-7-9(15(19)20)3-5-11(17)13(7)23-14-8(2)10(16(21)22)4-6-12(14)18/h3-6,17-18H,1-2H3,(H,19,20)(H,21,22). The van der Waals surface area contributed by atoms with E-state index < -0.39 is 11.9 Å². The lowest BCUT2D eigenvalue weighted by atomic mass is 10.1. The van der Waals surface area contributed by atoms with Crippen molar-refractivity contribution in [2.45, 2.75) is 23.6 Å². The minimum Gasteiger partial charge on any atom is -0.507 e. The number of hydrogen-bond donors (Lipinski definition) is 4. The first kappa shape index (κ1) is 16.7. The van der Waals surface area contributed by atoms with Crippen molar-refractivity contribution in [1.29, 1.82) is 0 Å². The van der Waals surface area contributed by atoms with Gasteiger partial charge in [0.1, 0.15) is 11.5 Å². The van der Waals surface area contributed by atoms with Crippen LogP contribution in [0.15, 0.2) is 34.1 Å². The molecule has 0 fully saturated rings. The second-order valence-electron chi connectivity index (χ2n) is 4.89. The Morgan fingerprint density at radius 2 is 1.13 bits per heavy atom. The zero-order valence-corrected chi connectivity index (χ0v) is 13.1. The van der Waals surface area contributed by atoms with E-state index in [0.717, 1.165) is 11.8 Å². The molecule has 0 unspecified atom stereocenters. The van der Waals surface area contributed by atoms with Gasteiger partial charge in [0.2, 0.25) is 0 Å². The molecule has 6 nitrogen and oxygen atoms in total. The van der Waals surface area contributed by atoms with E-state index in [-0.39, 0.29) is 32.4 Å². The maximum atomic E-state index is 11.2. The van der Waals surface area contributed by atoms with Crippen LogP contribution in [0.25, 0.3) is 0 Å². The number of phenols is 2. The summed E-state index contributed by atoms with van der Waals surface area (Å²) in [5.41, 5.74) is 0.720. The molecule has 0 spiro atoms. The highest BCUT2D eigenvalue weighted by Gasteiger charge is 2.20. The molecule has 0 radical (unpaired) electrons. The fraction of sp³-hybridized carbons (Fsp3) is 0.125. The summed E-state index contributed by atoms with van der Waals surface area (Å²) in [6.07, 6.45) is 0. The number of hydrogen-bond acceptors (Lipinski definition) is 5. The number of phenolic OH excluding ortho intramolecular Hbond substituents is 2. The number of aromatic carboxylic acids is 2. The van der Waals surface area contributed by atoms with Crippen molar-refractivity contribution in [3.05, 3.63) is 46.5 Å². The molecule has 0 heterocycles. The van der Waals surface area contributed by atoms with E-state index in [1.54, 1.807) is 13.8 Å². The van der Waals surface area contributed by atoms with Gasteiger partial charge in [-0.3, -0.25) is 0 Å². The summed E-state index contributed by atoms with van der Waals surface area (Å²) in [5, 5.41) is 38.3. The number of carboxylic acid groups (broad SMARTS) is 2. The monoisotopic (exact) mass is 334 g/mol. The minimum absolute atomic E-state index is 0.0248. The van der Waals surface area contributed by atoms with Crippen LogP contribution < -0.4 is 0 Å². The summed E-state index contributed by atoms with van der Waals surface area (Å²) in [4.78, 5) is 22.9. The van der Waals surface area contributed by atoms with Crippen molar-refractivity contribution >= 4 is 23.7 Å². The second kappa shape index (κ2) is 6.21. The second-order valence-corrected chi connectivity index (χ2v) is 5.91. The lowest BCUT2D eigenvalue weighted by Crippen LogP contribution is -2.02.